The lowest BCUT2D eigenvalue weighted by Gasteiger charge is -2.10. The normalized spacial score (nSPS) is 11.0. The van der Waals surface area contributed by atoms with Gasteiger partial charge in [-0.2, -0.15) is 0 Å². The van der Waals surface area contributed by atoms with Crippen LogP contribution >= 0.6 is 11.6 Å². The number of unbranched alkanes of at least 4 members (excludes halogenated alkanes) is 5. The highest BCUT2D eigenvalue weighted by atomic mass is 35.5. The Kier molecular flexibility index (Phi) is 6.81. The van der Waals surface area contributed by atoms with Gasteiger partial charge in [-0.25, -0.2) is 4.98 Å². The van der Waals surface area contributed by atoms with Crippen molar-refractivity contribution in [3.63, 3.8) is 0 Å². The molecule has 0 saturated carbocycles. The second-order valence-electron chi connectivity index (χ2n) is 5.38. The van der Waals surface area contributed by atoms with Gasteiger partial charge >= 0.3 is 0 Å². The molecule has 1 heterocycles. The van der Waals surface area contributed by atoms with E-state index < -0.39 is 0 Å². The van der Waals surface area contributed by atoms with Crippen molar-refractivity contribution in [1.82, 2.24) is 4.98 Å². The van der Waals surface area contributed by atoms with Crippen molar-refractivity contribution in [3.8, 4) is 5.88 Å². The minimum Gasteiger partial charge on any atom is -0.477 e. The van der Waals surface area contributed by atoms with Crippen LogP contribution in [0.25, 0.3) is 10.8 Å². The molecule has 0 aliphatic heterocycles. The second kappa shape index (κ2) is 8.89. The molecule has 3 heteroatoms. The molecule has 0 N–H and O–H groups in total. The maximum Gasteiger partial charge on any atom is 0.221 e. The summed E-state index contributed by atoms with van der Waals surface area (Å²) in [6.45, 7) is 2.98. The SMILES string of the molecule is CCCCCCCCOc1ncc(CCl)c2ccccc12. The summed E-state index contributed by atoms with van der Waals surface area (Å²) in [4.78, 5) is 4.42. The van der Waals surface area contributed by atoms with Crippen molar-refractivity contribution in [3.05, 3.63) is 36.0 Å². The smallest absolute Gasteiger partial charge is 0.221 e. The average Bonchev–Trinajstić information content (AvgIpc) is 2.54. The Morgan fingerprint density at radius 3 is 2.48 bits per heavy atom. The molecule has 0 fully saturated rings. The first kappa shape index (κ1) is 16.1. The standard InChI is InChI=1S/C18H24ClNO/c1-2-3-4-5-6-9-12-21-18-17-11-8-7-10-16(17)15(13-19)14-20-18/h7-8,10-11,14H,2-6,9,12-13H2,1H3. The number of rotatable bonds is 9. The molecule has 0 amide bonds. The minimum absolute atomic E-state index is 0.477. The molecule has 0 saturated heterocycles. The minimum atomic E-state index is 0.477. The molecule has 0 aliphatic carbocycles. The molecule has 0 aliphatic rings. The summed E-state index contributed by atoms with van der Waals surface area (Å²) in [6, 6.07) is 8.16. The lowest BCUT2D eigenvalue weighted by atomic mass is 10.1. The van der Waals surface area contributed by atoms with E-state index >= 15 is 0 Å². The van der Waals surface area contributed by atoms with Gasteiger partial charge in [0, 0.05) is 17.5 Å². The highest BCUT2D eigenvalue weighted by molar-refractivity contribution is 6.18. The van der Waals surface area contributed by atoms with Gasteiger partial charge in [0.25, 0.3) is 0 Å². The van der Waals surface area contributed by atoms with E-state index in [1.165, 1.54) is 32.1 Å². The van der Waals surface area contributed by atoms with Crippen LogP contribution in [-0.2, 0) is 5.88 Å². The van der Waals surface area contributed by atoms with Crippen LogP contribution in [0, 0.1) is 0 Å². The number of alkyl halides is 1. The zero-order valence-electron chi connectivity index (χ0n) is 12.8. The molecule has 1 aromatic carbocycles. The maximum absolute atomic E-state index is 5.96. The lowest BCUT2D eigenvalue weighted by Crippen LogP contribution is -2.00. The van der Waals surface area contributed by atoms with E-state index in [2.05, 4.69) is 24.0 Å². The monoisotopic (exact) mass is 305 g/mol. The number of aromatic nitrogens is 1. The molecule has 0 atom stereocenters. The fraction of sp³-hybridized carbons (Fsp3) is 0.500. The number of pyridine rings is 1. The molecule has 0 unspecified atom stereocenters. The van der Waals surface area contributed by atoms with Crippen molar-refractivity contribution < 1.29 is 4.74 Å². The van der Waals surface area contributed by atoms with Gasteiger partial charge in [-0.15, -0.1) is 11.6 Å². The van der Waals surface area contributed by atoms with Gasteiger partial charge < -0.3 is 4.74 Å². The second-order valence-corrected chi connectivity index (χ2v) is 5.65. The largest absolute Gasteiger partial charge is 0.477 e. The van der Waals surface area contributed by atoms with Gasteiger partial charge in [0.2, 0.25) is 5.88 Å². The quantitative estimate of drug-likeness (QED) is 0.437. The maximum atomic E-state index is 5.96. The molecule has 2 aromatic rings. The first-order valence-corrected chi connectivity index (χ1v) is 8.45. The Morgan fingerprint density at radius 2 is 1.71 bits per heavy atom. The van der Waals surface area contributed by atoms with E-state index in [0.717, 1.165) is 35.2 Å². The Morgan fingerprint density at radius 1 is 1.00 bits per heavy atom. The highest BCUT2D eigenvalue weighted by Gasteiger charge is 2.07. The fourth-order valence-electron chi connectivity index (χ4n) is 2.50. The van der Waals surface area contributed by atoms with Gasteiger partial charge in [0.15, 0.2) is 0 Å². The molecule has 0 spiro atoms. The number of hydrogen-bond acceptors (Lipinski definition) is 2. The summed E-state index contributed by atoms with van der Waals surface area (Å²) < 4.78 is 5.87. The van der Waals surface area contributed by atoms with Gasteiger partial charge in [-0.1, -0.05) is 57.2 Å². The molecule has 2 nitrogen and oxygen atoms in total. The molecule has 1 aromatic heterocycles. The summed E-state index contributed by atoms with van der Waals surface area (Å²) in [6.07, 6.45) is 9.42. The zero-order valence-corrected chi connectivity index (χ0v) is 13.5. The molecular weight excluding hydrogens is 282 g/mol. The Balaban J connectivity index is 1.90. The molecular formula is C18H24ClNO. The number of fused-ring (bicyclic) bond motifs is 1. The van der Waals surface area contributed by atoms with E-state index in [-0.39, 0.29) is 0 Å². The van der Waals surface area contributed by atoms with Gasteiger partial charge in [0.1, 0.15) is 0 Å². The van der Waals surface area contributed by atoms with Crippen molar-refractivity contribution in [1.29, 1.82) is 0 Å². The first-order chi connectivity index (χ1) is 10.4. The van der Waals surface area contributed by atoms with Crippen molar-refractivity contribution in [2.45, 2.75) is 51.3 Å². The Hall–Kier alpha value is -1.28. The number of nitrogens with zero attached hydrogens (tertiary/aromatic N) is 1. The van der Waals surface area contributed by atoms with Gasteiger partial charge in [-0.3, -0.25) is 0 Å². The van der Waals surface area contributed by atoms with Crippen molar-refractivity contribution >= 4 is 22.4 Å². The third-order valence-corrected chi connectivity index (χ3v) is 4.01. The van der Waals surface area contributed by atoms with Crippen LogP contribution in [0.3, 0.4) is 0 Å². The van der Waals surface area contributed by atoms with E-state index in [9.17, 15) is 0 Å². The van der Waals surface area contributed by atoms with Crippen LogP contribution in [0.1, 0.15) is 51.0 Å². The summed E-state index contributed by atoms with van der Waals surface area (Å²) in [5.41, 5.74) is 1.05. The van der Waals surface area contributed by atoms with E-state index in [1.807, 2.05) is 18.3 Å². The van der Waals surface area contributed by atoms with Gasteiger partial charge in [-0.05, 0) is 23.4 Å². The molecule has 0 radical (unpaired) electrons. The van der Waals surface area contributed by atoms with Crippen LogP contribution < -0.4 is 4.74 Å². The third-order valence-electron chi connectivity index (χ3n) is 3.72. The van der Waals surface area contributed by atoms with Crippen LogP contribution in [0.5, 0.6) is 5.88 Å². The summed E-state index contributed by atoms with van der Waals surface area (Å²) in [7, 11) is 0. The van der Waals surface area contributed by atoms with Crippen molar-refractivity contribution in [2.24, 2.45) is 0 Å². The van der Waals surface area contributed by atoms with Crippen LogP contribution in [-0.4, -0.2) is 11.6 Å². The Labute approximate surface area is 132 Å². The first-order valence-electron chi connectivity index (χ1n) is 7.92. The predicted molar refractivity (Wildman–Crippen MR) is 90.2 cm³/mol. The van der Waals surface area contributed by atoms with Crippen LogP contribution in [0.4, 0.5) is 0 Å². The molecule has 21 heavy (non-hydrogen) atoms. The number of halogens is 1. The van der Waals surface area contributed by atoms with E-state index in [1.54, 1.807) is 0 Å². The number of hydrogen-bond donors (Lipinski definition) is 0. The number of ether oxygens (including phenoxy) is 1. The summed E-state index contributed by atoms with van der Waals surface area (Å²) >= 11 is 5.96. The predicted octanol–water partition coefficient (Wildman–Crippen LogP) is 5.71. The molecule has 0 bridgehead atoms. The highest BCUT2D eigenvalue weighted by Crippen LogP contribution is 2.27. The molecule has 114 valence electrons. The fourth-order valence-corrected chi connectivity index (χ4v) is 2.71. The lowest BCUT2D eigenvalue weighted by molar-refractivity contribution is 0.297. The average molecular weight is 306 g/mol. The van der Waals surface area contributed by atoms with Crippen molar-refractivity contribution in [2.75, 3.05) is 6.61 Å². The third kappa shape index (κ3) is 4.60. The van der Waals surface area contributed by atoms with Crippen LogP contribution in [0.2, 0.25) is 0 Å². The van der Waals surface area contributed by atoms with E-state index in [0.29, 0.717) is 5.88 Å². The van der Waals surface area contributed by atoms with E-state index in [4.69, 9.17) is 16.3 Å². The Bertz CT molecular complexity index is 556. The van der Waals surface area contributed by atoms with Gasteiger partial charge in [0.05, 0.1) is 6.61 Å². The zero-order chi connectivity index (χ0) is 14.9. The number of benzene rings is 1. The summed E-state index contributed by atoms with van der Waals surface area (Å²) in [5, 5.41) is 2.20. The molecule has 2 rings (SSSR count). The summed E-state index contributed by atoms with van der Waals surface area (Å²) in [5.74, 6) is 1.21. The van der Waals surface area contributed by atoms with Crippen LogP contribution in [0.15, 0.2) is 30.5 Å². The topological polar surface area (TPSA) is 22.1 Å².